The minimum atomic E-state index is -3.54. The summed E-state index contributed by atoms with van der Waals surface area (Å²) in [5, 5.41) is 10.0. The number of nitrogens with zero attached hydrogens (tertiary/aromatic N) is 4. The molecule has 7 nitrogen and oxygen atoms in total. The number of amides is 1. The number of aryl methyl sites for hydroxylation is 1. The van der Waals surface area contributed by atoms with E-state index < -0.39 is 10.0 Å². The van der Waals surface area contributed by atoms with Gasteiger partial charge in [0.2, 0.25) is 15.9 Å². The summed E-state index contributed by atoms with van der Waals surface area (Å²) >= 11 is 1.26. The highest BCUT2D eigenvalue weighted by atomic mass is 32.2. The lowest BCUT2D eigenvalue weighted by molar-refractivity contribution is -0.129. The standard InChI is InChI=1S/C21H24N4O3S2/c1-15-16(2)19(13-22)21(23-17(15)3)29-14-20(26)24-9-11-25(12-10-24)30(27,28)18-7-5-4-6-8-18/h4-8H,9-12,14H2,1-3H3. The molecule has 1 amide bonds. The van der Waals surface area contributed by atoms with Crippen LogP contribution < -0.4 is 0 Å². The Bertz CT molecular complexity index is 1090. The number of carbonyl (C=O) groups is 1. The molecule has 2 aromatic rings. The van der Waals surface area contributed by atoms with Crippen molar-refractivity contribution in [1.82, 2.24) is 14.2 Å². The molecule has 0 N–H and O–H groups in total. The molecule has 0 aliphatic carbocycles. The van der Waals surface area contributed by atoms with Crippen molar-refractivity contribution in [3.8, 4) is 6.07 Å². The van der Waals surface area contributed by atoms with Gasteiger partial charge in [-0.05, 0) is 44.0 Å². The molecule has 9 heteroatoms. The molecule has 0 atom stereocenters. The topological polar surface area (TPSA) is 94.4 Å². The first-order chi connectivity index (χ1) is 14.3. The van der Waals surface area contributed by atoms with Crippen molar-refractivity contribution in [2.75, 3.05) is 31.9 Å². The van der Waals surface area contributed by atoms with E-state index in [9.17, 15) is 18.5 Å². The van der Waals surface area contributed by atoms with Crippen LogP contribution in [0.3, 0.4) is 0 Å². The van der Waals surface area contributed by atoms with E-state index in [4.69, 9.17) is 0 Å². The van der Waals surface area contributed by atoms with Crippen LogP contribution in [-0.4, -0.2) is 60.4 Å². The lowest BCUT2D eigenvalue weighted by atomic mass is 10.1. The van der Waals surface area contributed by atoms with Gasteiger partial charge in [-0.2, -0.15) is 9.57 Å². The molecule has 3 rings (SSSR count). The van der Waals surface area contributed by atoms with Crippen molar-refractivity contribution < 1.29 is 13.2 Å². The second-order valence-electron chi connectivity index (χ2n) is 7.13. The Morgan fingerprint density at radius 3 is 2.33 bits per heavy atom. The van der Waals surface area contributed by atoms with Crippen molar-refractivity contribution in [2.45, 2.75) is 30.7 Å². The molecule has 0 spiro atoms. The van der Waals surface area contributed by atoms with Crippen LogP contribution in [0.25, 0.3) is 0 Å². The zero-order valence-electron chi connectivity index (χ0n) is 17.3. The maximum absolute atomic E-state index is 12.7. The van der Waals surface area contributed by atoms with Gasteiger partial charge < -0.3 is 4.90 Å². The van der Waals surface area contributed by atoms with Crippen molar-refractivity contribution in [3.63, 3.8) is 0 Å². The number of sulfonamides is 1. The first kappa shape index (κ1) is 22.3. The quantitative estimate of drug-likeness (QED) is 0.658. The van der Waals surface area contributed by atoms with Gasteiger partial charge in [0.25, 0.3) is 0 Å². The molecule has 1 aliphatic heterocycles. The third-order valence-electron chi connectivity index (χ3n) is 5.38. The summed E-state index contributed by atoms with van der Waals surface area (Å²) in [6, 6.07) is 10.5. The molecule has 0 bridgehead atoms. The molecular formula is C21H24N4O3S2. The summed E-state index contributed by atoms with van der Waals surface area (Å²) in [5.41, 5.74) is 3.23. The van der Waals surface area contributed by atoms with E-state index in [1.165, 1.54) is 16.1 Å². The molecule has 1 aliphatic rings. The summed E-state index contributed by atoms with van der Waals surface area (Å²) < 4.78 is 26.8. The van der Waals surface area contributed by atoms with Gasteiger partial charge in [0.05, 0.1) is 16.2 Å². The molecule has 0 radical (unpaired) electrons. The Balaban J connectivity index is 1.61. The predicted octanol–water partition coefficient (Wildman–Crippen LogP) is 2.50. The average molecular weight is 445 g/mol. The van der Waals surface area contributed by atoms with E-state index in [1.54, 1.807) is 35.2 Å². The van der Waals surface area contributed by atoms with Crippen LogP contribution in [0.15, 0.2) is 40.3 Å². The van der Waals surface area contributed by atoms with Crippen LogP contribution in [0, 0.1) is 32.1 Å². The third kappa shape index (κ3) is 4.51. The number of piperazine rings is 1. The Hall–Kier alpha value is -2.41. The van der Waals surface area contributed by atoms with Crippen LogP contribution in [0.1, 0.15) is 22.4 Å². The normalized spacial score (nSPS) is 15.1. The monoisotopic (exact) mass is 444 g/mol. The van der Waals surface area contributed by atoms with E-state index in [0.717, 1.165) is 16.8 Å². The molecule has 1 saturated heterocycles. The van der Waals surface area contributed by atoms with E-state index >= 15 is 0 Å². The zero-order chi connectivity index (χ0) is 21.9. The Morgan fingerprint density at radius 1 is 1.10 bits per heavy atom. The third-order valence-corrected chi connectivity index (χ3v) is 8.25. The van der Waals surface area contributed by atoms with Crippen molar-refractivity contribution in [1.29, 1.82) is 5.26 Å². The van der Waals surface area contributed by atoms with Crippen molar-refractivity contribution in [3.05, 3.63) is 52.7 Å². The molecule has 0 unspecified atom stereocenters. The fourth-order valence-electron chi connectivity index (χ4n) is 3.29. The lowest BCUT2D eigenvalue weighted by Gasteiger charge is -2.34. The van der Waals surface area contributed by atoms with Crippen LogP contribution in [0.2, 0.25) is 0 Å². The van der Waals surface area contributed by atoms with Crippen molar-refractivity contribution >= 4 is 27.7 Å². The number of pyridine rings is 1. The largest absolute Gasteiger partial charge is 0.339 e. The molecule has 1 fully saturated rings. The highest BCUT2D eigenvalue weighted by Gasteiger charge is 2.30. The molecule has 2 heterocycles. The SMILES string of the molecule is Cc1nc(SCC(=O)N2CCN(S(=O)(=O)c3ccccc3)CC2)c(C#N)c(C)c1C. The van der Waals surface area contributed by atoms with Crippen LogP contribution in [-0.2, 0) is 14.8 Å². The molecular weight excluding hydrogens is 420 g/mol. The van der Waals surface area contributed by atoms with Gasteiger partial charge in [0.15, 0.2) is 0 Å². The van der Waals surface area contributed by atoms with Gasteiger partial charge >= 0.3 is 0 Å². The van der Waals surface area contributed by atoms with Gasteiger partial charge in [0, 0.05) is 31.9 Å². The highest BCUT2D eigenvalue weighted by Crippen LogP contribution is 2.27. The Labute approximate surface area is 181 Å². The number of carbonyl (C=O) groups excluding carboxylic acids is 1. The summed E-state index contributed by atoms with van der Waals surface area (Å²) in [6.45, 7) is 6.92. The van der Waals surface area contributed by atoms with Crippen LogP contribution >= 0.6 is 11.8 Å². The number of aromatic nitrogens is 1. The maximum Gasteiger partial charge on any atom is 0.243 e. The second kappa shape index (κ2) is 9.16. The Kier molecular flexibility index (Phi) is 6.81. The number of hydrogen-bond donors (Lipinski definition) is 0. The minimum Gasteiger partial charge on any atom is -0.339 e. The lowest BCUT2D eigenvalue weighted by Crippen LogP contribution is -2.50. The van der Waals surface area contributed by atoms with E-state index in [0.29, 0.717) is 23.7 Å². The van der Waals surface area contributed by atoms with Gasteiger partial charge in [0.1, 0.15) is 11.1 Å². The fraction of sp³-hybridized carbons (Fsp3) is 0.381. The molecule has 0 saturated carbocycles. The zero-order valence-corrected chi connectivity index (χ0v) is 18.9. The number of nitriles is 1. The molecule has 30 heavy (non-hydrogen) atoms. The first-order valence-corrected chi connectivity index (χ1v) is 12.0. The molecule has 1 aromatic carbocycles. The summed E-state index contributed by atoms with van der Waals surface area (Å²) in [4.78, 5) is 19.1. The van der Waals surface area contributed by atoms with Crippen LogP contribution in [0.4, 0.5) is 0 Å². The summed E-state index contributed by atoms with van der Waals surface area (Å²) in [7, 11) is -3.54. The highest BCUT2D eigenvalue weighted by molar-refractivity contribution is 8.00. The average Bonchev–Trinajstić information content (AvgIpc) is 2.76. The maximum atomic E-state index is 12.7. The molecule has 158 valence electrons. The van der Waals surface area contributed by atoms with E-state index in [2.05, 4.69) is 11.1 Å². The second-order valence-corrected chi connectivity index (χ2v) is 10.0. The number of rotatable bonds is 5. The van der Waals surface area contributed by atoms with Gasteiger partial charge in [-0.3, -0.25) is 4.79 Å². The molecule has 1 aromatic heterocycles. The van der Waals surface area contributed by atoms with Crippen LogP contribution in [0.5, 0.6) is 0 Å². The van der Waals surface area contributed by atoms with Gasteiger partial charge in [-0.25, -0.2) is 13.4 Å². The Morgan fingerprint density at radius 2 is 1.73 bits per heavy atom. The minimum absolute atomic E-state index is 0.0849. The number of hydrogen-bond acceptors (Lipinski definition) is 6. The smallest absolute Gasteiger partial charge is 0.243 e. The summed E-state index contributed by atoms with van der Waals surface area (Å²) in [5.74, 6) is 0.0769. The fourth-order valence-corrected chi connectivity index (χ4v) is 5.72. The van der Waals surface area contributed by atoms with Crippen molar-refractivity contribution in [2.24, 2.45) is 0 Å². The van der Waals surface area contributed by atoms with E-state index in [1.807, 2.05) is 20.8 Å². The summed E-state index contributed by atoms with van der Waals surface area (Å²) in [6.07, 6.45) is 0. The number of thioether (sulfide) groups is 1. The van der Waals surface area contributed by atoms with Gasteiger partial charge in [-0.15, -0.1) is 0 Å². The van der Waals surface area contributed by atoms with Gasteiger partial charge in [-0.1, -0.05) is 30.0 Å². The predicted molar refractivity (Wildman–Crippen MR) is 116 cm³/mol. The number of benzene rings is 1. The van der Waals surface area contributed by atoms with E-state index in [-0.39, 0.29) is 29.6 Å². The first-order valence-electron chi connectivity index (χ1n) is 9.59.